The minimum Gasteiger partial charge on any atom is -0.368 e. The number of piperazine rings is 1. The highest BCUT2D eigenvalue weighted by atomic mass is 19.1. The molecule has 1 aromatic rings. The highest BCUT2D eigenvalue weighted by Crippen LogP contribution is 2.24. The Kier molecular flexibility index (Phi) is 6.85. The molecule has 8 heteroatoms. The number of nitrogens with one attached hydrogen (secondary N) is 2. The first-order valence-electron chi connectivity index (χ1n) is 9.93. The normalized spacial score (nSPS) is 19.5. The lowest BCUT2D eigenvalue weighted by molar-refractivity contribution is -0.122. The monoisotopic (exact) mass is 391 g/mol. The van der Waals surface area contributed by atoms with E-state index in [9.17, 15) is 14.0 Å². The quantitative estimate of drug-likeness (QED) is 0.766. The summed E-state index contributed by atoms with van der Waals surface area (Å²) in [6.07, 6.45) is 1.56. The predicted molar refractivity (Wildman–Crippen MR) is 107 cm³/mol. The van der Waals surface area contributed by atoms with E-state index in [-0.39, 0.29) is 17.9 Å². The van der Waals surface area contributed by atoms with Crippen molar-refractivity contribution in [1.29, 1.82) is 0 Å². The van der Waals surface area contributed by atoms with Gasteiger partial charge in [0.05, 0.1) is 12.1 Å². The Hall–Kier alpha value is -2.19. The van der Waals surface area contributed by atoms with Gasteiger partial charge >= 0.3 is 0 Å². The number of halogens is 1. The Balaban J connectivity index is 1.61. The van der Waals surface area contributed by atoms with E-state index in [4.69, 9.17) is 0 Å². The van der Waals surface area contributed by atoms with Crippen molar-refractivity contribution in [2.75, 3.05) is 64.8 Å². The second-order valence-corrected chi connectivity index (χ2v) is 7.65. The average molecular weight is 391 g/mol. The van der Waals surface area contributed by atoms with Gasteiger partial charge in [0.25, 0.3) is 5.91 Å². The van der Waals surface area contributed by atoms with Gasteiger partial charge in [-0.2, -0.15) is 0 Å². The van der Waals surface area contributed by atoms with Crippen LogP contribution in [0.2, 0.25) is 0 Å². The van der Waals surface area contributed by atoms with Crippen LogP contribution in [0, 0.1) is 5.82 Å². The Bertz CT molecular complexity index is 698. The topological polar surface area (TPSA) is 67.9 Å². The maximum absolute atomic E-state index is 13.9. The zero-order chi connectivity index (χ0) is 20.1. The van der Waals surface area contributed by atoms with E-state index < -0.39 is 5.82 Å². The van der Waals surface area contributed by atoms with Crippen LogP contribution in [-0.2, 0) is 4.79 Å². The van der Waals surface area contributed by atoms with Crippen LogP contribution in [0.25, 0.3) is 0 Å². The van der Waals surface area contributed by atoms with Crippen LogP contribution in [0.4, 0.5) is 10.1 Å². The minimum atomic E-state index is -0.400. The fourth-order valence-electron chi connectivity index (χ4n) is 3.79. The Morgan fingerprint density at radius 1 is 1.11 bits per heavy atom. The maximum Gasteiger partial charge on any atom is 0.253 e. The second-order valence-electron chi connectivity index (χ2n) is 7.65. The molecule has 0 atom stereocenters. The first kappa shape index (κ1) is 20.5. The third-order valence-corrected chi connectivity index (χ3v) is 5.62. The molecule has 2 fully saturated rings. The molecular weight excluding hydrogens is 361 g/mol. The highest BCUT2D eigenvalue weighted by Gasteiger charge is 2.25. The average Bonchev–Trinajstić information content (AvgIpc) is 2.70. The molecule has 2 amide bonds. The van der Waals surface area contributed by atoms with Crippen molar-refractivity contribution in [3.05, 3.63) is 29.6 Å². The zero-order valence-corrected chi connectivity index (χ0v) is 16.7. The number of carbonyl (C=O) groups is 2. The van der Waals surface area contributed by atoms with Crippen LogP contribution >= 0.6 is 0 Å². The van der Waals surface area contributed by atoms with E-state index in [1.165, 1.54) is 12.1 Å². The number of likely N-dealkylation sites (N-methyl/N-ethyl adjacent to an activating group) is 2. The van der Waals surface area contributed by atoms with Crippen molar-refractivity contribution in [2.24, 2.45) is 0 Å². The van der Waals surface area contributed by atoms with Crippen LogP contribution in [0.5, 0.6) is 0 Å². The summed E-state index contributed by atoms with van der Waals surface area (Å²) in [5.41, 5.74) is 1.20. The number of piperidine rings is 1. The van der Waals surface area contributed by atoms with E-state index in [1.54, 1.807) is 13.1 Å². The molecule has 2 aliphatic rings. The number of nitrogens with zero attached hydrogens (tertiary/aromatic N) is 3. The summed E-state index contributed by atoms with van der Waals surface area (Å²) in [5, 5.41) is 5.70. The van der Waals surface area contributed by atoms with Crippen molar-refractivity contribution in [1.82, 2.24) is 20.4 Å². The van der Waals surface area contributed by atoms with Crippen molar-refractivity contribution in [2.45, 2.75) is 18.9 Å². The summed E-state index contributed by atoms with van der Waals surface area (Å²) < 4.78 is 13.9. The van der Waals surface area contributed by atoms with Gasteiger partial charge in [-0.25, -0.2) is 4.39 Å². The molecule has 2 N–H and O–H groups in total. The number of hydrogen-bond acceptors (Lipinski definition) is 5. The SMILES string of the molecule is CNC(=O)CN1CCC(NC(=O)c2cc(F)ccc2N2CCN(C)CC2)CC1. The van der Waals surface area contributed by atoms with Crippen molar-refractivity contribution < 1.29 is 14.0 Å². The molecule has 0 bridgehead atoms. The van der Waals surface area contributed by atoms with E-state index in [0.29, 0.717) is 12.1 Å². The molecule has 0 aliphatic carbocycles. The number of anilines is 1. The van der Waals surface area contributed by atoms with Crippen molar-refractivity contribution in [3.63, 3.8) is 0 Å². The van der Waals surface area contributed by atoms with Gasteiger partial charge in [-0.05, 0) is 38.1 Å². The van der Waals surface area contributed by atoms with Crippen LogP contribution in [0.3, 0.4) is 0 Å². The van der Waals surface area contributed by atoms with Gasteiger partial charge < -0.3 is 20.4 Å². The maximum atomic E-state index is 13.9. The molecule has 28 heavy (non-hydrogen) atoms. The molecule has 2 saturated heterocycles. The Morgan fingerprint density at radius 3 is 2.43 bits per heavy atom. The van der Waals surface area contributed by atoms with Gasteiger partial charge in [0, 0.05) is 58.0 Å². The zero-order valence-electron chi connectivity index (χ0n) is 16.7. The first-order valence-corrected chi connectivity index (χ1v) is 9.93. The van der Waals surface area contributed by atoms with Gasteiger partial charge in [0.1, 0.15) is 5.82 Å². The molecule has 0 spiro atoms. The summed E-state index contributed by atoms with van der Waals surface area (Å²) in [6.45, 7) is 5.37. The summed E-state index contributed by atoms with van der Waals surface area (Å²) in [6, 6.07) is 4.50. The molecule has 3 rings (SSSR count). The summed E-state index contributed by atoms with van der Waals surface area (Å²) in [7, 11) is 3.71. The predicted octanol–water partition coefficient (Wildman–Crippen LogP) is 0.518. The van der Waals surface area contributed by atoms with Crippen LogP contribution < -0.4 is 15.5 Å². The number of carbonyl (C=O) groups excluding carboxylic acids is 2. The second kappa shape index (κ2) is 9.34. The fourth-order valence-corrected chi connectivity index (χ4v) is 3.79. The molecule has 1 aromatic carbocycles. The highest BCUT2D eigenvalue weighted by molar-refractivity contribution is 6.00. The molecule has 0 saturated carbocycles. The number of likely N-dealkylation sites (tertiary alicyclic amines) is 1. The summed E-state index contributed by atoms with van der Waals surface area (Å²) in [4.78, 5) is 30.9. The van der Waals surface area contributed by atoms with Gasteiger partial charge in [0.15, 0.2) is 0 Å². The Morgan fingerprint density at radius 2 is 1.79 bits per heavy atom. The summed E-state index contributed by atoms with van der Waals surface area (Å²) in [5.74, 6) is -0.624. The largest absolute Gasteiger partial charge is 0.368 e. The third-order valence-electron chi connectivity index (χ3n) is 5.62. The van der Waals surface area contributed by atoms with Crippen molar-refractivity contribution in [3.8, 4) is 0 Å². The lowest BCUT2D eigenvalue weighted by Gasteiger charge is -2.35. The lowest BCUT2D eigenvalue weighted by atomic mass is 10.0. The molecule has 7 nitrogen and oxygen atoms in total. The molecule has 2 aliphatic heterocycles. The van der Waals surface area contributed by atoms with Gasteiger partial charge in [0.2, 0.25) is 5.91 Å². The molecular formula is C20H30FN5O2. The van der Waals surface area contributed by atoms with Gasteiger partial charge in [-0.15, -0.1) is 0 Å². The van der Waals surface area contributed by atoms with E-state index in [1.807, 2.05) is 0 Å². The van der Waals surface area contributed by atoms with Crippen LogP contribution in [0.1, 0.15) is 23.2 Å². The minimum absolute atomic E-state index is 0.000866. The van der Waals surface area contributed by atoms with E-state index >= 15 is 0 Å². The van der Waals surface area contributed by atoms with E-state index in [0.717, 1.165) is 57.8 Å². The van der Waals surface area contributed by atoms with Crippen molar-refractivity contribution >= 4 is 17.5 Å². The third kappa shape index (κ3) is 5.20. The number of hydrogen-bond donors (Lipinski definition) is 2. The van der Waals surface area contributed by atoms with E-state index in [2.05, 4.69) is 32.4 Å². The fraction of sp³-hybridized carbons (Fsp3) is 0.600. The Labute approximate surface area is 165 Å². The molecule has 0 radical (unpaired) electrons. The van der Waals surface area contributed by atoms with Crippen LogP contribution in [0.15, 0.2) is 18.2 Å². The smallest absolute Gasteiger partial charge is 0.253 e. The molecule has 0 aromatic heterocycles. The van der Waals surface area contributed by atoms with Crippen LogP contribution in [-0.4, -0.2) is 87.6 Å². The first-order chi connectivity index (χ1) is 13.5. The number of benzene rings is 1. The standard InChI is InChI=1S/C20H30FN5O2/c1-22-19(27)14-25-7-5-16(6-8-25)23-20(28)17-13-15(21)3-4-18(17)26-11-9-24(2)10-12-26/h3-4,13,16H,5-12,14H2,1-2H3,(H,22,27)(H,23,28). The summed E-state index contributed by atoms with van der Waals surface area (Å²) >= 11 is 0. The van der Waals surface area contributed by atoms with Gasteiger partial charge in [-0.3, -0.25) is 14.5 Å². The molecule has 0 unspecified atom stereocenters. The van der Waals surface area contributed by atoms with Gasteiger partial charge in [-0.1, -0.05) is 0 Å². The molecule has 2 heterocycles. The number of amides is 2. The molecule has 154 valence electrons. The number of rotatable bonds is 5. The lowest BCUT2D eigenvalue weighted by Crippen LogP contribution is -2.48.